The predicted molar refractivity (Wildman–Crippen MR) is 126 cm³/mol. The summed E-state index contributed by atoms with van der Waals surface area (Å²) in [6.07, 6.45) is 5.59. The Morgan fingerprint density at radius 3 is 2.72 bits per heavy atom. The number of amides is 2. The standard InChI is InChI=1S/C26H27N3O2S/c30-24(28-15-19-4-3-6-21(14-19)25-27-12-13-32-25)20-10-8-18(9-11-20)16-29-17-22-5-1-2-7-23(22)26(29)31/h1-7,12-14,18,20H,8-11,15-17H2,(H,28,30). The van der Waals surface area contributed by atoms with Crippen LogP contribution in [-0.2, 0) is 17.9 Å². The molecular formula is C26H27N3O2S. The second kappa shape index (κ2) is 9.25. The molecule has 32 heavy (non-hydrogen) atoms. The Bertz CT molecular complexity index is 1100. The summed E-state index contributed by atoms with van der Waals surface area (Å²) in [5.74, 6) is 0.848. The molecule has 6 heteroatoms. The fourth-order valence-electron chi connectivity index (χ4n) is 4.89. The van der Waals surface area contributed by atoms with Gasteiger partial charge < -0.3 is 10.2 Å². The summed E-state index contributed by atoms with van der Waals surface area (Å²) in [5, 5.41) is 6.09. The van der Waals surface area contributed by atoms with Crippen molar-refractivity contribution in [1.29, 1.82) is 0 Å². The van der Waals surface area contributed by atoms with Crippen molar-refractivity contribution >= 4 is 23.2 Å². The molecule has 2 amide bonds. The smallest absolute Gasteiger partial charge is 0.254 e. The zero-order chi connectivity index (χ0) is 21.9. The lowest BCUT2D eigenvalue weighted by Gasteiger charge is -2.30. The van der Waals surface area contributed by atoms with Crippen molar-refractivity contribution in [2.75, 3.05) is 6.54 Å². The lowest BCUT2D eigenvalue weighted by Crippen LogP contribution is -2.36. The van der Waals surface area contributed by atoms with Crippen LogP contribution in [0.25, 0.3) is 10.6 Å². The predicted octanol–water partition coefficient (Wildman–Crippen LogP) is 4.89. The van der Waals surface area contributed by atoms with Crippen molar-refractivity contribution in [3.8, 4) is 10.6 Å². The van der Waals surface area contributed by atoms with Crippen LogP contribution in [0.3, 0.4) is 0 Å². The van der Waals surface area contributed by atoms with Crippen LogP contribution < -0.4 is 5.32 Å². The molecule has 0 saturated heterocycles. The molecule has 1 saturated carbocycles. The molecular weight excluding hydrogens is 418 g/mol. The third-order valence-electron chi connectivity index (χ3n) is 6.67. The minimum Gasteiger partial charge on any atom is -0.352 e. The third-order valence-corrected chi connectivity index (χ3v) is 7.49. The number of nitrogens with zero attached hydrogens (tertiary/aromatic N) is 2. The van der Waals surface area contributed by atoms with Gasteiger partial charge in [-0.15, -0.1) is 11.3 Å². The molecule has 0 unspecified atom stereocenters. The molecule has 1 aromatic heterocycles. The number of hydrogen-bond donors (Lipinski definition) is 1. The maximum atomic E-state index is 12.8. The molecule has 2 aromatic carbocycles. The van der Waals surface area contributed by atoms with Gasteiger partial charge in [0, 0.05) is 48.3 Å². The van der Waals surface area contributed by atoms with Crippen molar-refractivity contribution in [3.63, 3.8) is 0 Å². The monoisotopic (exact) mass is 445 g/mol. The summed E-state index contributed by atoms with van der Waals surface area (Å²) in [4.78, 5) is 31.7. The Hall–Kier alpha value is -2.99. The van der Waals surface area contributed by atoms with Gasteiger partial charge in [-0.25, -0.2) is 4.98 Å². The highest BCUT2D eigenvalue weighted by Crippen LogP contribution is 2.32. The minimum absolute atomic E-state index is 0.0693. The Labute approximate surface area is 192 Å². The Kier molecular flexibility index (Phi) is 6.04. The van der Waals surface area contributed by atoms with Crippen molar-refractivity contribution < 1.29 is 9.59 Å². The van der Waals surface area contributed by atoms with Gasteiger partial charge in [-0.1, -0.05) is 36.4 Å². The van der Waals surface area contributed by atoms with Gasteiger partial charge in [0.25, 0.3) is 5.91 Å². The SMILES string of the molecule is O=C(NCc1cccc(-c2nccs2)c1)C1CCC(CN2Cc3ccccc3C2=O)CC1. The van der Waals surface area contributed by atoms with E-state index in [0.717, 1.165) is 66.0 Å². The number of carbonyl (C=O) groups is 2. The highest BCUT2D eigenvalue weighted by Gasteiger charge is 2.32. The van der Waals surface area contributed by atoms with Gasteiger partial charge in [-0.05, 0) is 54.9 Å². The number of thiazole rings is 1. The van der Waals surface area contributed by atoms with E-state index >= 15 is 0 Å². The van der Waals surface area contributed by atoms with Crippen LogP contribution in [0.1, 0.15) is 47.2 Å². The highest BCUT2D eigenvalue weighted by molar-refractivity contribution is 7.13. The number of benzene rings is 2. The topological polar surface area (TPSA) is 62.3 Å². The Balaban J connectivity index is 1.09. The van der Waals surface area contributed by atoms with Crippen LogP contribution >= 0.6 is 11.3 Å². The molecule has 1 aliphatic carbocycles. The molecule has 3 aromatic rings. The molecule has 2 heterocycles. The lowest BCUT2D eigenvalue weighted by atomic mass is 9.81. The quantitative estimate of drug-likeness (QED) is 0.588. The van der Waals surface area contributed by atoms with Crippen LogP contribution in [0.4, 0.5) is 0 Å². The fraction of sp³-hybridized carbons (Fsp3) is 0.346. The summed E-state index contributed by atoms with van der Waals surface area (Å²) in [6, 6.07) is 16.1. The summed E-state index contributed by atoms with van der Waals surface area (Å²) in [5.41, 5.74) is 4.15. The number of rotatable bonds is 6. The minimum atomic E-state index is 0.0693. The van der Waals surface area contributed by atoms with Gasteiger partial charge in [0.1, 0.15) is 5.01 Å². The number of nitrogens with one attached hydrogen (secondary N) is 1. The summed E-state index contributed by atoms with van der Waals surface area (Å²) in [6.45, 7) is 2.05. The number of carbonyl (C=O) groups excluding carboxylic acids is 2. The number of fused-ring (bicyclic) bond motifs is 1. The van der Waals surface area contributed by atoms with Gasteiger partial charge >= 0.3 is 0 Å². The molecule has 0 spiro atoms. The van der Waals surface area contributed by atoms with Gasteiger partial charge in [-0.3, -0.25) is 9.59 Å². The van der Waals surface area contributed by atoms with Crippen LogP contribution in [-0.4, -0.2) is 28.2 Å². The van der Waals surface area contributed by atoms with Gasteiger partial charge in [0.15, 0.2) is 0 Å². The second-order valence-electron chi connectivity index (χ2n) is 8.82. The van der Waals surface area contributed by atoms with E-state index in [0.29, 0.717) is 12.5 Å². The van der Waals surface area contributed by atoms with Crippen molar-refractivity contribution in [2.45, 2.75) is 38.8 Å². The van der Waals surface area contributed by atoms with Crippen LogP contribution in [0.2, 0.25) is 0 Å². The van der Waals surface area contributed by atoms with E-state index in [-0.39, 0.29) is 17.7 Å². The molecule has 5 rings (SSSR count). The third kappa shape index (κ3) is 4.46. The Morgan fingerprint density at radius 2 is 1.94 bits per heavy atom. The maximum Gasteiger partial charge on any atom is 0.254 e. The zero-order valence-corrected chi connectivity index (χ0v) is 18.8. The number of hydrogen-bond acceptors (Lipinski definition) is 4. The van der Waals surface area contributed by atoms with Crippen LogP contribution in [0.5, 0.6) is 0 Å². The first-order chi connectivity index (χ1) is 15.7. The normalized spacial score (nSPS) is 20.2. The van der Waals surface area contributed by atoms with Crippen LogP contribution in [0.15, 0.2) is 60.1 Å². The summed E-state index contributed by atoms with van der Waals surface area (Å²) < 4.78 is 0. The first-order valence-corrected chi connectivity index (χ1v) is 12.2. The second-order valence-corrected chi connectivity index (χ2v) is 9.71. The molecule has 1 aliphatic heterocycles. The first kappa shape index (κ1) is 20.9. The molecule has 1 N–H and O–H groups in total. The molecule has 1 fully saturated rings. The van der Waals surface area contributed by atoms with E-state index < -0.39 is 0 Å². The molecule has 164 valence electrons. The lowest BCUT2D eigenvalue weighted by molar-refractivity contribution is -0.126. The van der Waals surface area contributed by atoms with Crippen molar-refractivity contribution in [3.05, 3.63) is 76.8 Å². The molecule has 2 aliphatic rings. The van der Waals surface area contributed by atoms with E-state index in [9.17, 15) is 9.59 Å². The van der Waals surface area contributed by atoms with E-state index in [4.69, 9.17) is 0 Å². The average Bonchev–Trinajstić information content (AvgIpc) is 3.47. The molecule has 5 nitrogen and oxygen atoms in total. The summed E-state index contributed by atoms with van der Waals surface area (Å²) >= 11 is 1.62. The Morgan fingerprint density at radius 1 is 1.09 bits per heavy atom. The van der Waals surface area contributed by atoms with E-state index in [1.165, 1.54) is 0 Å². The molecule has 0 bridgehead atoms. The maximum absolute atomic E-state index is 12.8. The van der Waals surface area contributed by atoms with E-state index in [1.807, 2.05) is 52.9 Å². The zero-order valence-electron chi connectivity index (χ0n) is 18.0. The van der Waals surface area contributed by atoms with Gasteiger partial charge in [0.2, 0.25) is 5.91 Å². The highest BCUT2D eigenvalue weighted by atomic mass is 32.1. The number of aromatic nitrogens is 1. The van der Waals surface area contributed by atoms with Gasteiger partial charge in [-0.2, -0.15) is 0 Å². The van der Waals surface area contributed by atoms with E-state index in [2.05, 4.69) is 22.4 Å². The molecule has 0 atom stereocenters. The fourth-order valence-corrected chi connectivity index (χ4v) is 5.53. The van der Waals surface area contributed by atoms with Crippen molar-refractivity contribution in [2.24, 2.45) is 11.8 Å². The van der Waals surface area contributed by atoms with Crippen molar-refractivity contribution in [1.82, 2.24) is 15.2 Å². The van der Waals surface area contributed by atoms with Crippen LogP contribution in [0, 0.1) is 11.8 Å². The molecule has 0 radical (unpaired) electrons. The van der Waals surface area contributed by atoms with Gasteiger partial charge in [0.05, 0.1) is 0 Å². The van der Waals surface area contributed by atoms with E-state index in [1.54, 1.807) is 11.3 Å². The summed E-state index contributed by atoms with van der Waals surface area (Å²) in [7, 11) is 0. The average molecular weight is 446 g/mol. The first-order valence-electron chi connectivity index (χ1n) is 11.3. The largest absolute Gasteiger partial charge is 0.352 e.